The van der Waals surface area contributed by atoms with Crippen molar-refractivity contribution in [2.75, 3.05) is 6.54 Å². The molecule has 0 aromatic carbocycles. The van der Waals surface area contributed by atoms with Gasteiger partial charge in [-0.05, 0) is 37.4 Å². The zero-order chi connectivity index (χ0) is 9.10. The summed E-state index contributed by atoms with van der Waals surface area (Å²) in [5.74, 6) is 0. The number of nitrogens with one attached hydrogen (secondary N) is 1. The molecular formula is C11H17ClN2. The van der Waals surface area contributed by atoms with Gasteiger partial charge in [0.25, 0.3) is 0 Å². The molecule has 0 bridgehead atoms. The fraction of sp³-hybridized carbons (Fsp3) is 0.545. The third-order valence-corrected chi connectivity index (χ3v) is 2.70. The number of hydrogen-bond donors (Lipinski definition) is 1. The van der Waals surface area contributed by atoms with Gasteiger partial charge >= 0.3 is 0 Å². The van der Waals surface area contributed by atoms with Gasteiger partial charge in [0.05, 0.1) is 5.69 Å². The van der Waals surface area contributed by atoms with Crippen molar-refractivity contribution in [2.24, 2.45) is 0 Å². The highest BCUT2D eigenvalue weighted by Gasteiger charge is 2.19. The molecular weight excluding hydrogens is 196 g/mol. The van der Waals surface area contributed by atoms with E-state index in [0.29, 0.717) is 6.04 Å². The molecule has 78 valence electrons. The lowest BCUT2D eigenvalue weighted by molar-refractivity contribution is 0.620. The van der Waals surface area contributed by atoms with E-state index in [4.69, 9.17) is 0 Å². The zero-order valence-electron chi connectivity index (χ0n) is 8.49. The number of nitrogens with zero attached hydrogens (tertiary/aromatic N) is 1. The molecule has 1 unspecified atom stereocenters. The van der Waals surface area contributed by atoms with Crippen molar-refractivity contribution in [1.82, 2.24) is 10.3 Å². The van der Waals surface area contributed by atoms with Crippen molar-refractivity contribution in [3.8, 4) is 0 Å². The Morgan fingerprint density at radius 2 is 2.43 bits per heavy atom. The molecule has 14 heavy (non-hydrogen) atoms. The average molecular weight is 213 g/mol. The van der Waals surface area contributed by atoms with E-state index in [0.717, 1.165) is 13.0 Å². The molecule has 0 spiro atoms. The highest BCUT2D eigenvalue weighted by atomic mass is 35.5. The van der Waals surface area contributed by atoms with Crippen LogP contribution in [0.25, 0.3) is 0 Å². The van der Waals surface area contributed by atoms with Gasteiger partial charge in [-0.25, -0.2) is 0 Å². The van der Waals surface area contributed by atoms with Gasteiger partial charge < -0.3 is 5.32 Å². The normalized spacial score (nSPS) is 20.5. The Hall–Kier alpha value is -0.600. The second-order valence-electron chi connectivity index (χ2n) is 3.55. The van der Waals surface area contributed by atoms with Crippen LogP contribution < -0.4 is 5.32 Å². The summed E-state index contributed by atoms with van der Waals surface area (Å²) in [4.78, 5) is 4.47. The van der Waals surface area contributed by atoms with Gasteiger partial charge in [-0.3, -0.25) is 4.98 Å². The molecule has 1 atom stereocenters. The molecule has 2 nitrogen and oxygen atoms in total. The van der Waals surface area contributed by atoms with Crippen LogP contribution in [-0.4, -0.2) is 11.5 Å². The van der Waals surface area contributed by atoms with Crippen LogP contribution in [0, 0.1) is 0 Å². The first-order chi connectivity index (χ1) is 6.42. The summed E-state index contributed by atoms with van der Waals surface area (Å²) in [6.07, 6.45) is 5.50. The van der Waals surface area contributed by atoms with Crippen LogP contribution in [-0.2, 0) is 6.42 Å². The van der Waals surface area contributed by atoms with Crippen molar-refractivity contribution in [3.63, 3.8) is 0 Å². The van der Waals surface area contributed by atoms with Crippen LogP contribution in [0.4, 0.5) is 0 Å². The van der Waals surface area contributed by atoms with E-state index >= 15 is 0 Å². The summed E-state index contributed by atoms with van der Waals surface area (Å²) in [7, 11) is 0. The van der Waals surface area contributed by atoms with E-state index in [9.17, 15) is 0 Å². The molecule has 1 aromatic heterocycles. The summed E-state index contributed by atoms with van der Waals surface area (Å²) in [5, 5.41) is 3.49. The molecule has 0 aliphatic carbocycles. The third kappa shape index (κ3) is 2.25. The van der Waals surface area contributed by atoms with Crippen LogP contribution in [0.15, 0.2) is 18.3 Å². The molecule has 3 heteroatoms. The van der Waals surface area contributed by atoms with Crippen molar-refractivity contribution in [1.29, 1.82) is 0 Å². The van der Waals surface area contributed by atoms with Gasteiger partial charge in [0.1, 0.15) is 0 Å². The van der Waals surface area contributed by atoms with E-state index < -0.39 is 0 Å². The van der Waals surface area contributed by atoms with E-state index in [-0.39, 0.29) is 12.4 Å². The van der Waals surface area contributed by atoms with Gasteiger partial charge in [0.2, 0.25) is 0 Å². The van der Waals surface area contributed by atoms with Gasteiger partial charge in [0, 0.05) is 12.2 Å². The van der Waals surface area contributed by atoms with Crippen molar-refractivity contribution in [3.05, 3.63) is 29.6 Å². The summed E-state index contributed by atoms with van der Waals surface area (Å²) in [6.45, 7) is 3.33. The first kappa shape index (κ1) is 11.5. The lowest BCUT2D eigenvalue weighted by Gasteiger charge is -2.12. The zero-order valence-corrected chi connectivity index (χ0v) is 9.31. The standard InChI is InChI=1S/C11H16N2.ClH/c1-2-9-5-3-8-13-11(9)10-6-4-7-12-10;/h3,5,8,10,12H,2,4,6-7H2,1H3;1H. The lowest BCUT2D eigenvalue weighted by Crippen LogP contribution is -2.15. The van der Waals surface area contributed by atoms with Gasteiger partial charge in [0.15, 0.2) is 0 Å². The number of rotatable bonds is 2. The Morgan fingerprint density at radius 3 is 3.07 bits per heavy atom. The molecule has 1 aliphatic heterocycles. The summed E-state index contributed by atoms with van der Waals surface area (Å²) in [6, 6.07) is 4.72. The van der Waals surface area contributed by atoms with Crippen LogP contribution in [0.5, 0.6) is 0 Å². The molecule has 1 N–H and O–H groups in total. The lowest BCUT2D eigenvalue weighted by atomic mass is 10.0. The van der Waals surface area contributed by atoms with Crippen LogP contribution >= 0.6 is 12.4 Å². The van der Waals surface area contributed by atoms with Gasteiger partial charge in [-0.15, -0.1) is 12.4 Å². The van der Waals surface area contributed by atoms with E-state index in [2.05, 4.69) is 23.3 Å². The predicted octanol–water partition coefficient (Wildman–Crippen LogP) is 2.49. The monoisotopic (exact) mass is 212 g/mol. The minimum absolute atomic E-state index is 0. The fourth-order valence-electron chi connectivity index (χ4n) is 1.98. The number of halogens is 1. The molecule has 0 radical (unpaired) electrons. The molecule has 1 fully saturated rings. The maximum Gasteiger partial charge on any atom is 0.0604 e. The number of hydrogen-bond acceptors (Lipinski definition) is 2. The quantitative estimate of drug-likeness (QED) is 0.815. The predicted molar refractivity (Wildman–Crippen MR) is 60.8 cm³/mol. The minimum atomic E-state index is 0. The van der Waals surface area contributed by atoms with Crippen molar-refractivity contribution < 1.29 is 0 Å². The Kier molecular flexibility index (Phi) is 4.36. The molecule has 2 heterocycles. The highest BCUT2D eigenvalue weighted by molar-refractivity contribution is 5.85. The SMILES string of the molecule is CCc1cccnc1C1CCCN1.Cl. The summed E-state index contributed by atoms with van der Waals surface area (Å²) >= 11 is 0. The molecule has 1 aliphatic rings. The number of pyridine rings is 1. The topological polar surface area (TPSA) is 24.9 Å². The van der Waals surface area contributed by atoms with Gasteiger partial charge in [-0.1, -0.05) is 13.0 Å². The summed E-state index contributed by atoms with van der Waals surface area (Å²) < 4.78 is 0. The molecule has 1 saturated heterocycles. The smallest absolute Gasteiger partial charge is 0.0604 e. The third-order valence-electron chi connectivity index (χ3n) is 2.70. The van der Waals surface area contributed by atoms with Gasteiger partial charge in [-0.2, -0.15) is 0 Å². The van der Waals surface area contributed by atoms with Crippen LogP contribution in [0.2, 0.25) is 0 Å². The van der Waals surface area contributed by atoms with E-state index in [1.54, 1.807) is 0 Å². The highest BCUT2D eigenvalue weighted by Crippen LogP contribution is 2.23. The first-order valence-corrected chi connectivity index (χ1v) is 5.09. The van der Waals surface area contributed by atoms with Crippen molar-refractivity contribution >= 4 is 12.4 Å². The Balaban J connectivity index is 0.000000980. The average Bonchev–Trinajstić information content (AvgIpc) is 2.70. The number of aromatic nitrogens is 1. The van der Waals surface area contributed by atoms with E-state index in [1.165, 1.54) is 24.1 Å². The summed E-state index contributed by atoms with van der Waals surface area (Å²) in [5.41, 5.74) is 2.66. The second kappa shape index (κ2) is 5.32. The van der Waals surface area contributed by atoms with Crippen LogP contribution in [0.3, 0.4) is 0 Å². The van der Waals surface area contributed by atoms with E-state index in [1.807, 2.05) is 12.3 Å². The maximum absolute atomic E-state index is 4.47. The number of aryl methyl sites for hydroxylation is 1. The molecule has 0 saturated carbocycles. The Bertz CT molecular complexity index is 282. The molecule has 2 rings (SSSR count). The Morgan fingerprint density at radius 1 is 1.57 bits per heavy atom. The second-order valence-corrected chi connectivity index (χ2v) is 3.55. The first-order valence-electron chi connectivity index (χ1n) is 5.09. The van der Waals surface area contributed by atoms with Crippen molar-refractivity contribution in [2.45, 2.75) is 32.2 Å². The largest absolute Gasteiger partial charge is 0.309 e. The fourth-order valence-corrected chi connectivity index (χ4v) is 1.98. The minimum Gasteiger partial charge on any atom is -0.309 e. The Labute approximate surface area is 91.5 Å². The van der Waals surface area contributed by atoms with Crippen LogP contribution in [0.1, 0.15) is 37.1 Å². The maximum atomic E-state index is 4.47. The molecule has 1 aromatic rings. The molecule has 0 amide bonds.